The Kier molecular flexibility index (Phi) is 7.78. The summed E-state index contributed by atoms with van der Waals surface area (Å²) in [5.41, 5.74) is 1.29. The van der Waals surface area contributed by atoms with E-state index in [0.29, 0.717) is 16.9 Å². The lowest BCUT2D eigenvalue weighted by molar-refractivity contribution is -0.128. The van der Waals surface area contributed by atoms with Crippen molar-refractivity contribution in [3.8, 4) is 11.5 Å². The largest absolute Gasteiger partial charge is 0.497 e. The van der Waals surface area contributed by atoms with Crippen LogP contribution in [0.2, 0.25) is 0 Å². The molecule has 0 fully saturated rings. The first-order valence-corrected chi connectivity index (χ1v) is 11.9. The van der Waals surface area contributed by atoms with Gasteiger partial charge in [-0.2, -0.15) is 0 Å². The van der Waals surface area contributed by atoms with Crippen molar-refractivity contribution in [2.75, 3.05) is 32.1 Å². The molecule has 0 spiro atoms. The average molecular weight is 487 g/mol. The summed E-state index contributed by atoms with van der Waals surface area (Å²) >= 11 is 0. The Hall–Kier alpha value is -3.59. The van der Waals surface area contributed by atoms with Crippen LogP contribution in [-0.2, 0) is 21.4 Å². The van der Waals surface area contributed by atoms with Crippen molar-refractivity contribution in [3.63, 3.8) is 0 Å². The van der Waals surface area contributed by atoms with Gasteiger partial charge in [0.2, 0.25) is 5.91 Å². The van der Waals surface area contributed by atoms with E-state index in [4.69, 9.17) is 9.47 Å². The molecule has 3 aromatic carbocycles. The maximum Gasteiger partial charge on any atom is 0.268 e. The first-order chi connectivity index (χ1) is 16.2. The fraction of sp³-hybridized carbons (Fsp3) is 0.240. The van der Waals surface area contributed by atoms with Gasteiger partial charge in [-0.05, 0) is 42.8 Å². The predicted octanol–water partition coefficient (Wildman–Crippen LogP) is 4.01. The minimum absolute atomic E-state index is 0.00866. The van der Waals surface area contributed by atoms with Crippen molar-refractivity contribution < 1.29 is 27.1 Å². The number of ether oxygens (including phenoxy) is 2. The number of anilines is 1. The quantitative estimate of drug-likeness (QED) is 0.457. The van der Waals surface area contributed by atoms with Crippen molar-refractivity contribution in [1.82, 2.24) is 4.90 Å². The van der Waals surface area contributed by atoms with Gasteiger partial charge in [0, 0.05) is 25.2 Å². The van der Waals surface area contributed by atoms with Gasteiger partial charge in [0.1, 0.15) is 28.8 Å². The Labute approximate surface area is 199 Å². The number of hydrogen-bond acceptors (Lipinski definition) is 5. The molecule has 0 saturated heterocycles. The molecule has 34 heavy (non-hydrogen) atoms. The van der Waals surface area contributed by atoms with Gasteiger partial charge < -0.3 is 14.4 Å². The summed E-state index contributed by atoms with van der Waals surface area (Å²) in [6.45, 7) is 1.25. The van der Waals surface area contributed by atoms with E-state index in [1.165, 1.54) is 44.4 Å². The van der Waals surface area contributed by atoms with E-state index < -0.39 is 28.3 Å². The summed E-state index contributed by atoms with van der Waals surface area (Å²) in [5.74, 6) is -0.364. The van der Waals surface area contributed by atoms with E-state index in [9.17, 15) is 17.6 Å². The fourth-order valence-corrected chi connectivity index (χ4v) is 5.05. The number of hydrogen-bond donors (Lipinski definition) is 0. The summed E-state index contributed by atoms with van der Waals surface area (Å²) < 4.78 is 53.3. The van der Waals surface area contributed by atoms with E-state index >= 15 is 0 Å². The molecule has 0 unspecified atom stereocenters. The first-order valence-electron chi connectivity index (χ1n) is 10.5. The van der Waals surface area contributed by atoms with Gasteiger partial charge in [-0.3, -0.25) is 9.10 Å². The van der Waals surface area contributed by atoms with Crippen LogP contribution in [0.15, 0.2) is 71.6 Å². The number of aryl methyl sites for hydroxylation is 1. The van der Waals surface area contributed by atoms with E-state index in [0.717, 1.165) is 4.31 Å². The lowest BCUT2D eigenvalue weighted by Crippen LogP contribution is -2.41. The van der Waals surface area contributed by atoms with Gasteiger partial charge in [-0.15, -0.1) is 0 Å². The van der Waals surface area contributed by atoms with Crippen LogP contribution in [-0.4, -0.2) is 47.0 Å². The van der Waals surface area contributed by atoms with Gasteiger partial charge in [-0.1, -0.05) is 30.3 Å². The monoisotopic (exact) mass is 486 g/mol. The molecule has 0 N–H and O–H groups in total. The van der Waals surface area contributed by atoms with Crippen LogP contribution in [0.5, 0.6) is 11.5 Å². The van der Waals surface area contributed by atoms with Gasteiger partial charge in [0.15, 0.2) is 0 Å². The molecule has 0 aromatic heterocycles. The number of sulfonamides is 1. The molecule has 0 bridgehead atoms. The second-order valence-corrected chi connectivity index (χ2v) is 9.54. The minimum atomic E-state index is -4.22. The highest BCUT2D eigenvalue weighted by Crippen LogP contribution is 2.32. The number of amides is 1. The van der Waals surface area contributed by atoms with E-state index in [-0.39, 0.29) is 22.9 Å². The van der Waals surface area contributed by atoms with E-state index in [2.05, 4.69) is 0 Å². The third-order valence-corrected chi connectivity index (χ3v) is 7.09. The van der Waals surface area contributed by atoms with Gasteiger partial charge in [0.25, 0.3) is 10.0 Å². The van der Waals surface area contributed by atoms with E-state index in [1.54, 1.807) is 55.5 Å². The first kappa shape index (κ1) is 25.0. The van der Waals surface area contributed by atoms with Crippen LogP contribution >= 0.6 is 0 Å². The second kappa shape index (κ2) is 10.6. The number of halogens is 1. The van der Waals surface area contributed by atoms with Gasteiger partial charge >= 0.3 is 0 Å². The molecule has 9 heteroatoms. The van der Waals surface area contributed by atoms with Crippen LogP contribution in [0.3, 0.4) is 0 Å². The van der Waals surface area contributed by atoms with Crippen LogP contribution in [0.25, 0.3) is 0 Å². The normalized spacial score (nSPS) is 11.1. The minimum Gasteiger partial charge on any atom is -0.497 e. The summed E-state index contributed by atoms with van der Waals surface area (Å²) in [6, 6.07) is 17.3. The van der Waals surface area contributed by atoms with E-state index in [1.807, 2.05) is 0 Å². The summed E-state index contributed by atoms with van der Waals surface area (Å²) in [7, 11) is 0.125. The fourth-order valence-electron chi connectivity index (χ4n) is 3.40. The molecule has 3 aromatic rings. The zero-order valence-electron chi connectivity index (χ0n) is 19.5. The molecule has 0 aliphatic carbocycles. The van der Waals surface area contributed by atoms with Gasteiger partial charge in [0.05, 0.1) is 19.9 Å². The smallest absolute Gasteiger partial charge is 0.268 e. The maximum atomic E-state index is 14.1. The Morgan fingerprint density at radius 2 is 1.71 bits per heavy atom. The number of carbonyl (C=O) groups excluding carboxylic acids is 1. The molecular formula is C25H27FN2O5S. The number of benzene rings is 3. The van der Waals surface area contributed by atoms with Crippen molar-refractivity contribution in [2.24, 2.45) is 0 Å². The van der Waals surface area contributed by atoms with Crippen molar-refractivity contribution in [2.45, 2.75) is 18.4 Å². The molecule has 0 saturated carbocycles. The number of rotatable bonds is 9. The number of likely N-dealkylation sites (N-methyl/N-ethyl adjacent to an activating group) is 1. The standard InChI is InChI=1S/C25H27FN2O5S/c1-18-12-13-23(33-4)24(14-18)34(30,31)28(20-9-7-10-21(15-20)32-3)17-25(29)27(2)16-19-8-5-6-11-22(19)26/h5-15H,16-17H2,1-4H3. The molecule has 7 nitrogen and oxygen atoms in total. The SMILES string of the molecule is COc1cccc(N(CC(=O)N(C)Cc2ccccc2F)S(=O)(=O)c2cc(C)ccc2OC)c1. The molecule has 0 radical (unpaired) electrons. The van der Waals surface area contributed by atoms with Crippen molar-refractivity contribution in [1.29, 1.82) is 0 Å². The Morgan fingerprint density at radius 3 is 2.38 bits per heavy atom. The zero-order chi connectivity index (χ0) is 24.9. The molecule has 0 atom stereocenters. The lowest BCUT2D eigenvalue weighted by Gasteiger charge is -2.27. The molecular weight excluding hydrogens is 459 g/mol. The Bertz CT molecular complexity index is 1280. The summed E-state index contributed by atoms with van der Waals surface area (Å²) in [4.78, 5) is 14.4. The van der Waals surface area contributed by atoms with Crippen LogP contribution < -0.4 is 13.8 Å². The maximum absolute atomic E-state index is 14.1. The highest BCUT2D eigenvalue weighted by molar-refractivity contribution is 7.93. The van der Waals surface area contributed by atoms with Gasteiger partial charge in [-0.25, -0.2) is 12.8 Å². The molecule has 3 rings (SSSR count). The third kappa shape index (κ3) is 5.48. The Morgan fingerprint density at radius 1 is 0.971 bits per heavy atom. The summed E-state index contributed by atoms with van der Waals surface area (Å²) in [6.07, 6.45) is 0. The number of methoxy groups -OCH3 is 2. The topological polar surface area (TPSA) is 76.2 Å². The molecule has 0 aliphatic heterocycles. The zero-order valence-corrected chi connectivity index (χ0v) is 20.3. The highest BCUT2D eigenvalue weighted by Gasteiger charge is 2.31. The Balaban J connectivity index is 2.02. The average Bonchev–Trinajstić information content (AvgIpc) is 2.83. The molecule has 180 valence electrons. The summed E-state index contributed by atoms with van der Waals surface area (Å²) in [5, 5.41) is 0. The molecule has 0 aliphatic rings. The second-order valence-electron chi connectivity index (χ2n) is 7.71. The third-order valence-electron chi connectivity index (χ3n) is 5.30. The number of nitrogens with zero attached hydrogens (tertiary/aromatic N) is 2. The molecule has 1 amide bonds. The van der Waals surface area contributed by atoms with Crippen LogP contribution in [0, 0.1) is 12.7 Å². The van der Waals surface area contributed by atoms with Crippen molar-refractivity contribution >= 4 is 21.6 Å². The van der Waals surface area contributed by atoms with Crippen molar-refractivity contribution in [3.05, 3.63) is 83.7 Å². The predicted molar refractivity (Wildman–Crippen MR) is 128 cm³/mol. The van der Waals surface area contributed by atoms with Crippen LogP contribution in [0.1, 0.15) is 11.1 Å². The number of carbonyl (C=O) groups is 1. The van der Waals surface area contributed by atoms with Crippen LogP contribution in [0.4, 0.5) is 10.1 Å². The highest BCUT2D eigenvalue weighted by atomic mass is 32.2. The lowest BCUT2D eigenvalue weighted by atomic mass is 10.2. The molecule has 0 heterocycles.